The molecule has 1 atom stereocenters. The number of likely N-dealkylation sites (N-methyl/N-ethyl adjacent to an activating group) is 1. The number of hydrogen-bond donors (Lipinski definition) is 1. The first-order valence-corrected chi connectivity index (χ1v) is 10.9. The molecule has 1 fully saturated rings. The van der Waals surface area contributed by atoms with Gasteiger partial charge in [0.15, 0.2) is 11.5 Å². The van der Waals surface area contributed by atoms with Gasteiger partial charge >= 0.3 is 0 Å². The van der Waals surface area contributed by atoms with Crippen LogP contribution in [0.1, 0.15) is 36.1 Å². The van der Waals surface area contributed by atoms with Crippen molar-refractivity contribution >= 4 is 23.2 Å². The zero-order valence-electron chi connectivity index (χ0n) is 17.0. The van der Waals surface area contributed by atoms with Crippen molar-refractivity contribution in [2.45, 2.75) is 30.9 Å². The fourth-order valence-corrected chi connectivity index (χ4v) is 4.30. The monoisotopic (exact) mass is 455 g/mol. The zero-order chi connectivity index (χ0) is 22.5. The molecular formula is C22H19F2N5O2S. The quantitative estimate of drug-likeness (QED) is 0.612. The molecule has 0 bridgehead atoms. The summed E-state index contributed by atoms with van der Waals surface area (Å²) in [6.45, 7) is 0. The van der Waals surface area contributed by atoms with Crippen LogP contribution in [-0.4, -0.2) is 39.9 Å². The fraction of sp³-hybridized carbons (Fsp3) is 0.273. The molecule has 10 heteroatoms. The number of guanidine groups is 1. The van der Waals surface area contributed by atoms with Crippen LogP contribution < -0.4 is 10.5 Å². The van der Waals surface area contributed by atoms with Crippen molar-refractivity contribution in [1.82, 2.24) is 14.9 Å². The summed E-state index contributed by atoms with van der Waals surface area (Å²) in [6, 6.07) is 8.08. The van der Waals surface area contributed by atoms with Crippen LogP contribution in [0.25, 0.3) is 11.3 Å². The number of rotatable bonds is 6. The predicted molar refractivity (Wildman–Crippen MR) is 116 cm³/mol. The van der Waals surface area contributed by atoms with Gasteiger partial charge < -0.3 is 10.5 Å². The van der Waals surface area contributed by atoms with Gasteiger partial charge in [-0.3, -0.25) is 14.7 Å². The fourth-order valence-electron chi connectivity index (χ4n) is 3.73. The Kier molecular flexibility index (Phi) is 4.89. The van der Waals surface area contributed by atoms with Crippen LogP contribution >= 0.6 is 11.3 Å². The minimum atomic E-state index is -2.79. The Balaban J connectivity index is 1.75. The molecule has 1 saturated carbocycles. The van der Waals surface area contributed by atoms with Crippen LogP contribution in [0.2, 0.25) is 0 Å². The molecule has 0 saturated heterocycles. The van der Waals surface area contributed by atoms with E-state index in [0.717, 1.165) is 18.4 Å². The van der Waals surface area contributed by atoms with Crippen molar-refractivity contribution in [1.29, 1.82) is 0 Å². The Morgan fingerprint density at radius 2 is 2.03 bits per heavy atom. The number of alkyl halides is 2. The van der Waals surface area contributed by atoms with Gasteiger partial charge in [-0.05, 0) is 54.3 Å². The van der Waals surface area contributed by atoms with Gasteiger partial charge in [0, 0.05) is 24.2 Å². The number of hydrogen-bond acceptors (Lipinski definition) is 7. The summed E-state index contributed by atoms with van der Waals surface area (Å²) >= 11 is 1.44. The maximum atomic E-state index is 13.5. The summed E-state index contributed by atoms with van der Waals surface area (Å²) in [5.41, 5.74) is 7.82. The standard InChI is InChI=1S/C22H19F2N5O2S/c1-29-20(30)22(28-21(29)25,13-4-5-26-17(9-13)19(23)24)14-6-12(18-10-32-11-27-18)7-16(8-14)31-15-2-3-15/h4-11,15,19H,2-3H2,1H3,(H2,25,28). The van der Waals surface area contributed by atoms with Gasteiger partial charge in [-0.25, -0.2) is 18.8 Å². The summed E-state index contributed by atoms with van der Waals surface area (Å²) in [4.78, 5) is 27.4. The molecule has 32 heavy (non-hydrogen) atoms. The van der Waals surface area contributed by atoms with E-state index in [1.807, 2.05) is 11.4 Å². The Labute approximate surface area is 186 Å². The maximum Gasteiger partial charge on any atom is 0.280 e. The van der Waals surface area contributed by atoms with Gasteiger partial charge in [-0.1, -0.05) is 0 Å². The molecule has 3 heterocycles. The van der Waals surface area contributed by atoms with E-state index in [4.69, 9.17) is 10.5 Å². The number of nitrogens with zero attached hydrogens (tertiary/aromatic N) is 4. The van der Waals surface area contributed by atoms with Crippen molar-refractivity contribution in [2.24, 2.45) is 10.7 Å². The summed E-state index contributed by atoms with van der Waals surface area (Å²) in [6.07, 6.45) is 0.484. The summed E-state index contributed by atoms with van der Waals surface area (Å²) in [5, 5.41) is 1.88. The van der Waals surface area contributed by atoms with E-state index in [1.54, 1.807) is 17.6 Å². The average Bonchev–Trinajstić information content (AvgIpc) is 3.36. The second-order valence-corrected chi connectivity index (χ2v) is 8.47. The van der Waals surface area contributed by atoms with Gasteiger partial charge in [0.05, 0.1) is 17.3 Å². The second-order valence-electron chi connectivity index (χ2n) is 7.75. The van der Waals surface area contributed by atoms with Crippen molar-refractivity contribution < 1.29 is 18.3 Å². The number of halogens is 2. The van der Waals surface area contributed by atoms with E-state index in [0.29, 0.717) is 17.0 Å². The van der Waals surface area contributed by atoms with Gasteiger partial charge in [0.25, 0.3) is 12.3 Å². The molecule has 0 spiro atoms. The largest absolute Gasteiger partial charge is 0.490 e. The Morgan fingerprint density at radius 1 is 1.22 bits per heavy atom. The lowest BCUT2D eigenvalue weighted by Crippen LogP contribution is -2.41. The highest BCUT2D eigenvalue weighted by Crippen LogP contribution is 2.43. The molecule has 3 aromatic rings. The van der Waals surface area contributed by atoms with Crippen LogP contribution in [-0.2, 0) is 10.3 Å². The molecule has 5 rings (SSSR count). The number of pyridine rings is 1. The minimum absolute atomic E-state index is 0.00543. The Bertz CT molecular complexity index is 1210. The lowest BCUT2D eigenvalue weighted by atomic mass is 9.82. The van der Waals surface area contributed by atoms with Crippen molar-refractivity contribution in [3.63, 3.8) is 0 Å². The summed E-state index contributed by atoms with van der Waals surface area (Å²) < 4.78 is 32.9. The molecule has 1 amide bonds. The highest BCUT2D eigenvalue weighted by Gasteiger charge is 2.50. The van der Waals surface area contributed by atoms with Crippen molar-refractivity contribution in [3.8, 4) is 17.0 Å². The lowest BCUT2D eigenvalue weighted by Gasteiger charge is -2.27. The Morgan fingerprint density at radius 3 is 2.66 bits per heavy atom. The third-order valence-electron chi connectivity index (χ3n) is 5.54. The van der Waals surface area contributed by atoms with E-state index in [2.05, 4.69) is 15.0 Å². The van der Waals surface area contributed by atoms with E-state index >= 15 is 0 Å². The number of carbonyl (C=O) groups is 1. The SMILES string of the molecule is CN1C(=O)C(c2cc(OC3CC3)cc(-c3cscn3)c2)(c2ccnc(C(F)F)c2)N=C1N. The molecule has 1 aromatic carbocycles. The van der Waals surface area contributed by atoms with Gasteiger partial charge in [0.2, 0.25) is 0 Å². The maximum absolute atomic E-state index is 13.5. The molecule has 2 N–H and O–H groups in total. The first kappa shape index (κ1) is 20.5. The van der Waals surface area contributed by atoms with Crippen LogP contribution in [0.3, 0.4) is 0 Å². The van der Waals surface area contributed by atoms with E-state index in [-0.39, 0.29) is 17.6 Å². The third-order valence-corrected chi connectivity index (χ3v) is 6.13. The van der Waals surface area contributed by atoms with Crippen LogP contribution in [0.5, 0.6) is 5.75 Å². The second kappa shape index (κ2) is 7.63. The molecule has 2 aliphatic rings. The highest BCUT2D eigenvalue weighted by atomic mass is 32.1. The molecule has 1 aliphatic heterocycles. The summed E-state index contributed by atoms with van der Waals surface area (Å²) in [7, 11) is 1.50. The first-order chi connectivity index (χ1) is 15.4. The van der Waals surface area contributed by atoms with E-state index < -0.39 is 23.6 Å². The Hall–Kier alpha value is -3.40. The molecule has 7 nitrogen and oxygen atoms in total. The molecule has 164 valence electrons. The van der Waals surface area contributed by atoms with Gasteiger partial charge in [0.1, 0.15) is 11.4 Å². The number of aromatic nitrogens is 2. The number of ether oxygens (including phenoxy) is 1. The van der Waals surface area contributed by atoms with Crippen molar-refractivity contribution in [2.75, 3.05) is 7.05 Å². The number of amides is 1. The minimum Gasteiger partial charge on any atom is -0.490 e. The molecule has 2 aromatic heterocycles. The molecule has 1 aliphatic carbocycles. The first-order valence-electron chi connectivity index (χ1n) is 9.97. The molecular weight excluding hydrogens is 436 g/mol. The van der Waals surface area contributed by atoms with Crippen LogP contribution in [0, 0.1) is 0 Å². The predicted octanol–water partition coefficient (Wildman–Crippen LogP) is 3.71. The zero-order valence-corrected chi connectivity index (χ0v) is 17.9. The smallest absolute Gasteiger partial charge is 0.280 e. The third kappa shape index (κ3) is 3.40. The number of benzene rings is 1. The van der Waals surface area contributed by atoms with Gasteiger partial charge in [-0.2, -0.15) is 0 Å². The topological polar surface area (TPSA) is 93.7 Å². The van der Waals surface area contributed by atoms with E-state index in [1.165, 1.54) is 41.6 Å². The average molecular weight is 455 g/mol. The van der Waals surface area contributed by atoms with Crippen molar-refractivity contribution in [3.05, 3.63) is 64.2 Å². The van der Waals surface area contributed by atoms with Gasteiger partial charge in [-0.15, -0.1) is 11.3 Å². The van der Waals surface area contributed by atoms with Crippen LogP contribution in [0.4, 0.5) is 8.78 Å². The number of nitrogens with two attached hydrogens (primary N) is 1. The van der Waals surface area contributed by atoms with E-state index in [9.17, 15) is 13.6 Å². The number of carbonyl (C=O) groups excluding carboxylic acids is 1. The summed E-state index contributed by atoms with van der Waals surface area (Å²) in [5.74, 6) is 0.106. The normalized spacial score (nSPS) is 20.7. The highest BCUT2D eigenvalue weighted by molar-refractivity contribution is 7.07. The number of thiazole rings is 1. The van der Waals surface area contributed by atoms with Crippen LogP contribution in [0.15, 0.2) is 52.4 Å². The number of aliphatic imine (C=N–C) groups is 1. The lowest BCUT2D eigenvalue weighted by molar-refractivity contribution is -0.129. The molecule has 0 radical (unpaired) electrons. The molecule has 1 unspecified atom stereocenters.